The molecule has 0 radical (unpaired) electrons. The molecule has 0 saturated heterocycles. The summed E-state index contributed by atoms with van der Waals surface area (Å²) in [5.74, 6) is -0.0675. The summed E-state index contributed by atoms with van der Waals surface area (Å²) in [6, 6.07) is 15.4. The molecule has 1 N–H and O–H groups in total. The molecule has 5 nitrogen and oxygen atoms in total. The van der Waals surface area contributed by atoms with Gasteiger partial charge >= 0.3 is 0 Å². The molecule has 3 aromatic rings. The van der Waals surface area contributed by atoms with Crippen molar-refractivity contribution in [1.29, 1.82) is 0 Å². The van der Waals surface area contributed by atoms with Crippen LogP contribution in [0.25, 0.3) is 10.8 Å². The summed E-state index contributed by atoms with van der Waals surface area (Å²) in [6.45, 7) is 6.67. The van der Waals surface area contributed by atoms with Gasteiger partial charge in [0, 0.05) is 23.5 Å². The first-order chi connectivity index (χ1) is 13.7. The Morgan fingerprint density at radius 2 is 1.79 bits per heavy atom. The Hall–Kier alpha value is -2.76. The van der Waals surface area contributed by atoms with Gasteiger partial charge in [-0.3, -0.25) is 14.7 Å². The van der Waals surface area contributed by atoms with Crippen molar-refractivity contribution in [3.05, 3.63) is 72.1 Å². The van der Waals surface area contributed by atoms with Crippen molar-refractivity contribution < 1.29 is 9.53 Å². The SMILES string of the molecule is CN(C)[C@@H](C(=O)Nc1ccc2cnccc2c1)c1ccc(COC(C)(C)C)cc1. The number of amides is 1. The van der Waals surface area contributed by atoms with Gasteiger partial charge in [0.05, 0.1) is 12.2 Å². The van der Waals surface area contributed by atoms with Crippen LogP contribution in [0, 0.1) is 0 Å². The molecule has 5 heteroatoms. The maximum atomic E-state index is 13.0. The first kappa shape index (κ1) is 21.0. The molecule has 0 saturated carbocycles. The lowest BCUT2D eigenvalue weighted by molar-refractivity contribution is -0.120. The number of nitrogens with zero attached hydrogens (tertiary/aromatic N) is 2. The first-order valence-corrected chi connectivity index (χ1v) is 9.77. The third-order valence-corrected chi connectivity index (χ3v) is 4.64. The molecule has 2 aromatic carbocycles. The lowest BCUT2D eigenvalue weighted by Gasteiger charge is -2.24. The van der Waals surface area contributed by atoms with Gasteiger partial charge in [-0.25, -0.2) is 0 Å². The summed E-state index contributed by atoms with van der Waals surface area (Å²) in [7, 11) is 3.82. The van der Waals surface area contributed by atoms with E-state index < -0.39 is 0 Å². The molecule has 152 valence electrons. The maximum Gasteiger partial charge on any atom is 0.246 e. The van der Waals surface area contributed by atoms with E-state index in [4.69, 9.17) is 4.74 Å². The molecule has 3 rings (SSSR count). The molecule has 1 heterocycles. The summed E-state index contributed by atoms with van der Waals surface area (Å²) >= 11 is 0. The number of anilines is 1. The number of aromatic nitrogens is 1. The Labute approximate surface area is 172 Å². The van der Waals surface area contributed by atoms with Crippen molar-refractivity contribution in [3.63, 3.8) is 0 Å². The molecular formula is C24H29N3O2. The average Bonchev–Trinajstić information content (AvgIpc) is 2.66. The van der Waals surface area contributed by atoms with Gasteiger partial charge in [-0.05, 0) is 69.6 Å². The highest BCUT2D eigenvalue weighted by atomic mass is 16.5. The summed E-state index contributed by atoms with van der Waals surface area (Å²) in [5, 5.41) is 5.14. The number of pyridine rings is 1. The van der Waals surface area contributed by atoms with Crippen molar-refractivity contribution in [2.24, 2.45) is 0 Å². The molecule has 1 aromatic heterocycles. The number of ether oxygens (including phenoxy) is 1. The minimum Gasteiger partial charge on any atom is -0.371 e. The van der Waals surface area contributed by atoms with Crippen molar-refractivity contribution >= 4 is 22.4 Å². The topological polar surface area (TPSA) is 54.5 Å². The predicted octanol–water partition coefficient (Wildman–Crippen LogP) is 4.79. The number of likely N-dealkylation sites (N-methyl/N-ethyl adjacent to an activating group) is 1. The summed E-state index contributed by atoms with van der Waals surface area (Å²) in [5.41, 5.74) is 2.62. The second-order valence-electron chi connectivity index (χ2n) is 8.44. The average molecular weight is 392 g/mol. The van der Waals surface area contributed by atoms with E-state index in [0.717, 1.165) is 27.6 Å². The largest absolute Gasteiger partial charge is 0.371 e. The minimum atomic E-state index is -0.388. The van der Waals surface area contributed by atoms with Crippen LogP contribution in [-0.2, 0) is 16.1 Å². The van der Waals surface area contributed by atoms with Crippen LogP contribution in [0.4, 0.5) is 5.69 Å². The lowest BCUT2D eigenvalue weighted by atomic mass is 10.0. The van der Waals surface area contributed by atoms with Gasteiger partial charge in [-0.15, -0.1) is 0 Å². The standard InChI is InChI=1S/C24H29N3O2/c1-24(2,3)29-16-17-6-8-18(9-7-17)22(27(4)5)23(28)26-21-11-10-20-15-25-13-12-19(20)14-21/h6-15,22H,16H2,1-5H3,(H,26,28)/t22-/m1/s1. The van der Waals surface area contributed by atoms with E-state index in [9.17, 15) is 4.79 Å². The van der Waals surface area contributed by atoms with Crippen molar-refractivity contribution in [2.45, 2.75) is 39.0 Å². The van der Waals surface area contributed by atoms with E-state index in [1.165, 1.54) is 0 Å². The van der Waals surface area contributed by atoms with Gasteiger partial charge < -0.3 is 10.1 Å². The number of benzene rings is 2. The number of rotatable bonds is 6. The summed E-state index contributed by atoms with van der Waals surface area (Å²) < 4.78 is 5.83. The molecule has 0 spiro atoms. The molecule has 1 atom stereocenters. The van der Waals surface area contributed by atoms with E-state index in [1.807, 2.05) is 94.5 Å². The normalized spacial score (nSPS) is 12.9. The third-order valence-electron chi connectivity index (χ3n) is 4.64. The molecule has 0 aliphatic heterocycles. The van der Waals surface area contributed by atoms with Crippen LogP contribution in [0.3, 0.4) is 0 Å². The fourth-order valence-corrected chi connectivity index (χ4v) is 3.15. The monoisotopic (exact) mass is 391 g/mol. The van der Waals surface area contributed by atoms with Crippen LogP contribution in [0.2, 0.25) is 0 Å². The fourth-order valence-electron chi connectivity index (χ4n) is 3.15. The smallest absolute Gasteiger partial charge is 0.246 e. The highest BCUT2D eigenvalue weighted by Gasteiger charge is 2.23. The second kappa shape index (κ2) is 8.72. The molecule has 0 fully saturated rings. The highest BCUT2D eigenvalue weighted by Crippen LogP contribution is 2.24. The number of carbonyl (C=O) groups excluding carboxylic acids is 1. The summed E-state index contributed by atoms with van der Waals surface area (Å²) in [6.07, 6.45) is 3.57. The van der Waals surface area contributed by atoms with Crippen LogP contribution < -0.4 is 5.32 Å². The Balaban J connectivity index is 1.75. The maximum absolute atomic E-state index is 13.0. The van der Waals surface area contributed by atoms with Gasteiger partial charge in [-0.1, -0.05) is 30.3 Å². The van der Waals surface area contributed by atoms with Gasteiger partial charge in [-0.2, -0.15) is 0 Å². The van der Waals surface area contributed by atoms with Gasteiger partial charge in [0.2, 0.25) is 5.91 Å². The van der Waals surface area contributed by atoms with E-state index in [2.05, 4.69) is 10.3 Å². The molecule has 0 aliphatic rings. The number of fused-ring (bicyclic) bond motifs is 1. The Bertz CT molecular complexity index is 975. The molecular weight excluding hydrogens is 362 g/mol. The Morgan fingerprint density at radius 1 is 1.07 bits per heavy atom. The minimum absolute atomic E-state index is 0.0675. The van der Waals surface area contributed by atoms with Crippen molar-refractivity contribution in [3.8, 4) is 0 Å². The summed E-state index contributed by atoms with van der Waals surface area (Å²) in [4.78, 5) is 19.1. The van der Waals surface area contributed by atoms with E-state index in [-0.39, 0.29) is 17.6 Å². The number of carbonyl (C=O) groups is 1. The van der Waals surface area contributed by atoms with Gasteiger partial charge in [0.25, 0.3) is 0 Å². The van der Waals surface area contributed by atoms with Crippen LogP contribution in [0.5, 0.6) is 0 Å². The van der Waals surface area contributed by atoms with Crippen LogP contribution in [0.1, 0.15) is 37.9 Å². The quantitative estimate of drug-likeness (QED) is 0.656. The van der Waals surface area contributed by atoms with E-state index in [0.29, 0.717) is 6.61 Å². The number of hydrogen-bond acceptors (Lipinski definition) is 4. The van der Waals surface area contributed by atoms with Crippen molar-refractivity contribution in [1.82, 2.24) is 9.88 Å². The Morgan fingerprint density at radius 3 is 2.45 bits per heavy atom. The molecule has 0 aliphatic carbocycles. The van der Waals surface area contributed by atoms with Gasteiger partial charge in [0.1, 0.15) is 6.04 Å². The zero-order valence-corrected chi connectivity index (χ0v) is 17.8. The predicted molar refractivity (Wildman–Crippen MR) is 118 cm³/mol. The zero-order chi connectivity index (χ0) is 21.0. The molecule has 0 bridgehead atoms. The van der Waals surface area contributed by atoms with E-state index >= 15 is 0 Å². The third kappa shape index (κ3) is 5.62. The number of hydrogen-bond donors (Lipinski definition) is 1. The van der Waals surface area contributed by atoms with Gasteiger partial charge in [0.15, 0.2) is 0 Å². The van der Waals surface area contributed by atoms with Crippen LogP contribution in [-0.4, -0.2) is 35.5 Å². The second-order valence-corrected chi connectivity index (χ2v) is 8.44. The Kier molecular flexibility index (Phi) is 6.30. The molecule has 29 heavy (non-hydrogen) atoms. The van der Waals surface area contributed by atoms with Crippen molar-refractivity contribution in [2.75, 3.05) is 19.4 Å². The van der Waals surface area contributed by atoms with E-state index in [1.54, 1.807) is 6.20 Å². The molecule has 0 unspecified atom stereocenters. The van der Waals surface area contributed by atoms with Crippen LogP contribution in [0.15, 0.2) is 60.9 Å². The fraction of sp³-hybridized carbons (Fsp3) is 0.333. The first-order valence-electron chi connectivity index (χ1n) is 9.77. The highest BCUT2D eigenvalue weighted by molar-refractivity contribution is 5.97. The zero-order valence-electron chi connectivity index (χ0n) is 17.8. The lowest BCUT2D eigenvalue weighted by Crippen LogP contribution is -2.32. The number of nitrogens with one attached hydrogen (secondary N) is 1. The molecule has 1 amide bonds. The van der Waals surface area contributed by atoms with Crippen LogP contribution >= 0.6 is 0 Å².